The zero-order valence-corrected chi connectivity index (χ0v) is 16.0. The van der Waals surface area contributed by atoms with Gasteiger partial charge in [-0.2, -0.15) is 0 Å². The maximum Gasteiger partial charge on any atom is 0.253 e. The van der Waals surface area contributed by atoms with Crippen LogP contribution in [0.1, 0.15) is 58.6 Å². The molecule has 2 aliphatic rings. The molecule has 0 radical (unpaired) electrons. The number of hydrogen-bond acceptors (Lipinski definition) is 4. The van der Waals surface area contributed by atoms with Crippen molar-refractivity contribution in [2.24, 2.45) is 5.92 Å². The molecule has 2 saturated heterocycles. The van der Waals surface area contributed by atoms with Crippen molar-refractivity contribution in [1.82, 2.24) is 14.5 Å². The van der Waals surface area contributed by atoms with E-state index in [2.05, 4.69) is 30.7 Å². The highest BCUT2D eigenvalue weighted by Crippen LogP contribution is 2.22. The topological polar surface area (TPSA) is 47.4 Å². The molecule has 25 heavy (non-hydrogen) atoms. The summed E-state index contributed by atoms with van der Waals surface area (Å²) >= 11 is 0. The first-order valence-electron chi connectivity index (χ1n) is 9.83. The maximum atomic E-state index is 12.4. The number of nitrogens with zero attached hydrogens (tertiary/aromatic N) is 3. The van der Waals surface area contributed by atoms with Crippen molar-refractivity contribution in [3.8, 4) is 0 Å². The van der Waals surface area contributed by atoms with E-state index in [1.54, 1.807) is 17.0 Å². The van der Waals surface area contributed by atoms with Crippen molar-refractivity contribution in [2.45, 2.75) is 70.9 Å². The highest BCUT2D eigenvalue weighted by Gasteiger charge is 2.24. The summed E-state index contributed by atoms with van der Waals surface area (Å²) < 4.78 is 7.65. The van der Waals surface area contributed by atoms with Crippen molar-refractivity contribution in [2.75, 3.05) is 26.2 Å². The van der Waals surface area contributed by atoms with Crippen LogP contribution in [-0.4, -0.2) is 46.8 Å². The number of hydrogen-bond donors (Lipinski definition) is 0. The Bertz CT molecular complexity index is 606. The normalized spacial score (nSPS) is 23.7. The summed E-state index contributed by atoms with van der Waals surface area (Å²) in [5, 5.41) is 0. The molecule has 1 unspecified atom stereocenters. The van der Waals surface area contributed by atoms with Crippen molar-refractivity contribution >= 4 is 0 Å². The lowest BCUT2D eigenvalue weighted by atomic mass is 9.92. The second kappa shape index (κ2) is 8.00. The molecule has 0 aromatic carbocycles. The number of rotatable bonds is 4. The number of aromatic nitrogens is 2. The van der Waals surface area contributed by atoms with Crippen molar-refractivity contribution in [1.29, 1.82) is 0 Å². The smallest absolute Gasteiger partial charge is 0.253 e. The summed E-state index contributed by atoms with van der Waals surface area (Å²) in [6.07, 6.45) is 8.21. The van der Waals surface area contributed by atoms with E-state index in [9.17, 15) is 4.79 Å². The third-order valence-electron chi connectivity index (χ3n) is 5.55. The molecule has 0 aliphatic carbocycles. The van der Waals surface area contributed by atoms with Crippen LogP contribution in [-0.2, 0) is 16.7 Å². The molecular weight excluding hydrogens is 314 g/mol. The summed E-state index contributed by atoms with van der Waals surface area (Å²) in [5.74, 6) is 0.573. The fourth-order valence-corrected chi connectivity index (χ4v) is 3.84. The second-order valence-corrected chi connectivity index (χ2v) is 8.75. The summed E-state index contributed by atoms with van der Waals surface area (Å²) in [6, 6.07) is 1.70. The largest absolute Gasteiger partial charge is 0.377 e. The second-order valence-electron chi connectivity index (χ2n) is 8.75. The molecule has 0 spiro atoms. The van der Waals surface area contributed by atoms with Gasteiger partial charge in [-0.05, 0) is 51.1 Å². The molecule has 0 N–H and O–H groups in total. The van der Waals surface area contributed by atoms with E-state index in [1.165, 1.54) is 19.3 Å². The quantitative estimate of drug-likeness (QED) is 0.840. The van der Waals surface area contributed by atoms with Gasteiger partial charge >= 0.3 is 0 Å². The summed E-state index contributed by atoms with van der Waals surface area (Å²) in [6.45, 7) is 11.3. The van der Waals surface area contributed by atoms with Gasteiger partial charge in [0.25, 0.3) is 5.56 Å². The van der Waals surface area contributed by atoms with Gasteiger partial charge in [0.1, 0.15) is 0 Å². The Hall–Kier alpha value is -1.20. The van der Waals surface area contributed by atoms with Crippen LogP contribution in [0.5, 0.6) is 0 Å². The third kappa shape index (κ3) is 5.14. The van der Waals surface area contributed by atoms with Gasteiger partial charge in [0, 0.05) is 31.2 Å². The third-order valence-corrected chi connectivity index (χ3v) is 5.55. The number of likely N-dealkylation sites (tertiary alicyclic amines) is 1. The Kier molecular flexibility index (Phi) is 5.95. The summed E-state index contributed by atoms with van der Waals surface area (Å²) in [5.41, 5.74) is 0.874. The molecule has 140 valence electrons. The minimum absolute atomic E-state index is 0.0786. The zero-order valence-electron chi connectivity index (χ0n) is 16.0. The lowest BCUT2D eigenvalue weighted by molar-refractivity contribution is -0.0117. The number of ether oxygens (including phenoxy) is 1. The summed E-state index contributed by atoms with van der Waals surface area (Å²) in [7, 11) is 0. The first-order valence-corrected chi connectivity index (χ1v) is 9.83. The Balaban J connectivity index is 1.49. The molecule has 5 heteroatoms. The van der Waals surface area contributed by atoms with Gasteiger partial charge in [-0.1, -0.05) is 20.8 Å². The van der Waals surface area contributed by atoms with Crippen LogP contribution >= 0.6 is 0 Å². The molecule has 1 aromatic rings. The minimum Gasteiger partial charge on any atom is -0.377 e. The highest BCUT2D eigenvalue weighted by atomic mass is 16.5. The van der Waals surface area contributed by atoms with E-state index in [-0.39, 0.29) is 11.0 Å². The van der Waals surface area contributed by atoms with Crippen LogP contribution in [0.3, 0.4) is 0 Å². The first-order chi connectivity index (χ1) is 11.9. The van der Waals surface area contributed by atoms with E-state index >= 15 is 0 Å². The fraction of sp³-hybridized carbons (Fsp3) is 0.800. The SMILES string of the molecule is CC(C)(C)c1cc(=O)n(CC2CCN(CC3CCCCO3)CC2)cn1. The molecule has 2 fully saturated rings. The van der Waals surface area contributed by atoms with Crippen molar-refractivity contribution < 1.29 is 4.74 Å². The Labute approximate surface area is 151 Å². The minimum atomic E-state index is -0.0786. The average Bonchev–Trinajstić information content (AvgIpc) is 2.58. The number of piperidine rings is 1. The van der Waals surface area contributed by atoms with E-state index in [1.807, 2.05) is 0 Å². The molecule has 3 heterocycles. The molecule has 2 aliphatic heterocycles. The van der Waals surface area contributed by atoms with Crippen molar-refractivity contribution in [3.05, 3.63) is 28.4 Å². The predicted octanol–water partition coefficient (Wildman–Crippen LogP) is 2.82. The molecule has 5 nitrogen and oxygen atoms in total. The van der Waals surface area contributed by atoms with Crippen LogP contribution in [0, 0.1) is 5.92 Å². The lowest BCUT2D eigenvalue weighted by Gasteiger charge is -2.35. The highest BCUT2D eigenvalue weighted by molar-refractivity contribution is 5.10. The van der Waals surface area contributed by atoms with Gasteiger partial charge in [0.2, 0.25) is 0 Å². The lowest BCUT2D eigenvalue weighted by Crippen LogP contribution is -2.41. The van der Waals surface area contributed by atoms with E-state index in [0.29, 0.717) is 12.0 Å². The molecule has 0 amide bonds. The monoisotopic (exact) mass is 347 g/mol. The zero-order chi connectivity index (χ0) is 17.9. The van der Waals surface area contributed by atoms with Crippen LogP contribution in [0.25, 0.3) is 0 Å². The maximum absolute atomic E-state index is 12.4. The van der Waals surface area contributed by atoms with Gasteiger partial charge in [0.15, 0.2) is 0 Å². The van der Waals surface area contributed by atoms with Gasteiger partial charge in [-0.3, -0.25) is 9.36 Å². The first kappa shape index (κ1) is 18.6. The van der Waals surface area contributed by atoms with Crippen molar-refractivity contribution in [3.63, 3.8) is 0 Å². The predicted molar refractivity (Wildman–Crippen MR) is 100.0 cm³/mol. The molecule has 1 aromatic heterocycles. The van der Waals surface area contributed by atoms with Crippen LogP contribution in [0.2, 0.25) is 0 Å². The van der Waals surface area contributed by atoms with Crippen LogP contribution in [0.15, 0.2) is 17.2 Å². The molecule has 1 atom stereocenters. The van der Waals surface area contributed by atoms with E-state index in [4.69, 9.17) is 4.74 Å². The molecule has 3 rings (SSSR count). The average molecular weight is 348 g/mol. The standard InChI is InChI=1S/C20H33N3O2/c1-20(2,3)18-12-19(24)23(15-21-18)13-16-7-9-22(10-8-16)14-17-6-4-5-11-25-17/h12,15-17H,4-11,13-14H2,1-3H3. The van der Waals surface area contributed by atoms with E-state index in [0.717, 1.165) is 51.3 Å². The van der Waals surface area contributed by atoms with E-state index < -0.39 is 0 Å². The summed E-state index contributed by atoms with van der Waals surface area (Å²) in [4.78, 5) is 19.4. The van der Waals surface area contributed by atoms with Gasteiger partial charge < -0.3 is 9.64 Å². The van der Waals surface area contributed by atoms with Gasteiger partial charge in [0.05, 0.1) is 18.1 Å². The Morgan fingerprint density at radius 3 is 2.52 bits per heavy atom. The van der Waals surface area contributed by atoms with Crippen LogP contribution < -0.4 is 5.56 Å². The Morgan fingerprint density at radius 2 is 1.92 bits per heavy atom. The molecule has 0 saturated carbocycles. The Morgan fingerprint density at radius 1 is 1.16 bits per heavy atom. The molecule has 0 bridgehead atoms. The van der Waals surface area contributed by atoms with Gasteiger partial charge in [-0.15, -0.1) is 0 Å². The van der Waals surface area contributed by atoms with Gasteiger partial charge in [-0.25, -0.2) is 4.98 Å². The fourth-order valence-electron chi connectivity index (χ4n) is 3.84. The van der Waals surface area contributed by atoms with Crippen LogP contribution in [0.4, 0.5) is 0 Å². The molecular formula is C20H33N3O2.